The molecule has 1 atom stereocenters. The third-order valence-electron chi connectivity index (χ3n) is 4.90. The van der Waals surface area contributed by atoms with E-state index in [1.807, 2.05) is 34.5 Å². The molecule has 4 rings (SSSR count). The number of piperazine rings is 1. The van der Waals surface area contributed by atoms with E-state index in [2.05, 4.69) is 25.8 Å². The number of nitrogens with zero attached hydrogens (tertiary/aromatic N) is 4. The van der Waals surface area contributed by atoms with Gasteiger partial charge in [0, 0.05) is 54.8 Å². The van der Waals surface area contributed by atoms with Gasteiger partial charge in [-0.15, -0.1) is 11.3 Å². The number of amides is 1. The largest absolute Gasteiger partial charge is 0.481 e. The molecule has 0 unspecified atom stereocenters. The van der Waals surface area contributed by atoms with Crippen LogP contribution in [0.15, 0.2) is 51.2 Å². The van der Waals surface area contributed by atoms with Crippen molar-refractivity contribution in [1.29, 1.82) is 0 Å². The molecule has 0 N–H and O–H groups in total. The van der Waals surface area contributed by atoms with Gasteiger partial charge in [0.2, 0.25) is 0 Å². The number of ether oxygens (including phenoxy) is 1. The van der Waals surface area contributed by atoms with E-state index in [1.165, 1.54) is 11.3 Å². The van der Waals surface area contributed by atoms with Crippen LogP contribution in [0.25, 0.3) is 4.96 Å². The SMILES string of the molecule is C[C@@H](Oc1ccc(Br)cc1)C(=O)N1CCN(Cc2cc(=O)n3ccsc3n2)CC1. The van der Waals surface area contributed by atoms with E-state index in [1.54, 1.807) is 23.6 Å². The van der Waals surface area contributed by atoms with Gasteiger partial charge in [0.05, 0.1) is 5.69 Å². The second kappa shape index (κ2) is 8.64. The van der Waals surface area contributed by atoms with Gasteiger partial charge < -0.3 is 9.64 Å². The molecule has 29 heavy (non-hydrogen) atoms. The lowest BCUT2D eigenvalue weighted by Crippen LogP contribution is -2.51. The summed E-state index contributed by atoms with van der Waals surface area (Å²) in [7, 11) is 0. The van der Waals surface area contributed by atoms with Crippen molar-refractivity contribution in [2.24, 2.45) is 0 Å². The number of fused-ring (bicyclic) bond motifs is 1. The standard InChI is InChI=1S/C20H21BrN4O3S/c1-14(28-17-4-2-15(21)3-5-17)19(27)24-8-6-23(7-9-24)13-16-12-18(26)25-10-11-29-20(25)22-16/h2-5,10-12,14H,6-9,13H2,1H3/t14-/m1/s1. The van der Waals surface area contributed by atoms with E-state index in [0.29, 0.717) is 30.3 Å². The molecule has 1 saturated heterocycles. The molecule has 0 bridgehead atoms. The molecule has 2 aromatic heterocycles. The summed E-state index contributed by atoms with van der Waals surface area (Å²) in [4.78, 5) is 34.2. The molecule has 1 fully saturated rings. The zero-order valence-electron chi connectivity index (χ0n) is 16.0. The van der Waals surface area contributed by atoms with Crippen LogP contribution < -0.4 is 10.3 Å². The minimum absolute atomic E-state index is 0.0102. The highest BCUT2D eigenvalue weighted by Crippen LogP contribution is 2.18. The molecule has 1 amide bonds. The first-order valence-electron chi connectivity index (χ1n) is 9.39. The van der Waals surface area contributed by atoms with E-state index in [-0.39, 0.29) is 11.5 Å². The Bertz CT molecular complexity index is 1060. The molecule has 1 aromatic carbocycles. The Balaban J connectivity index is 1.31. The van der Waals surface area contributed by atoms with Crippen molar-refractivity contribution in [3.05, 3.63) is 62.4 Å². The van der Waals surface area contributed by atoms with E-state index >= 15 is 0 Å². The molecule has 0 saturated carbocycles. The highest BCUT2D eigenvalue weighted by Gasteiger charge is 2.26. The molecule has 1 aliphatic rings. The maximum absolute atomic E-state index is 12.7. The van der Waals surface area contributed by atoms with Crippen LogP contribution in [-0.2, 0) is 11.3 Å². The molecule has 0 aliphatic carbocycles. The second-order valence-electron chi connectivity index (χ2n) is 6.96. The summed E-state index contributed by atoms with van der Waals surface area (Å²) < 4.78 is 8.30. The smallest absolute Gasteiger partial charge is 0.263 e. The molecule has 0 radical (unpaired) electrons. The van der Waals surface area contributed by atoms with Crippen LogP contribution >= 0.6 is 27.3 Å². The maximum Gasteiger partial charge on any atom is 0.263 e. The average Bonchev–Trinajstić information content (AvgIpc) is 3.19. The molecular weight excluding hydrogens is 456 g/mol. The number of benzene rings is 1. The van der Waals surface area contributed by atoms with Crippen LogP contribution in [0.1, 0.15) is 12.6 Å². The van der Waals surface area contributed by atoms with Gasteiger partial charge in [0.25, 0.3) is 11.5 Å². The van der Waals surface area contributed by atoms with Gasteiger partial charge in [-0.25, -0.2) is 4.98 Å². The summed E-state index contributed by atoms with van der Waals surface area (Å²) in [6.07, 6.45) is 1.20. The van der Waals surface area contributed by atoms with Crippen molar-refractivity contribution in [3.63, 3.8) is 0 Å². The van der Waals surface area contributed by atoms with Gasteiger partial charge in [0.15, 0.2) is 11.1 Å². The van der Waals surface area contributed by atoms with E-state index in [4.69, 9.17) is 4.74 Å². The first-order valence-corrected chi connectivity index (χ1v) is 11.1. The normalized spacial score (nSPS) is 16.1. The first-order chi connectivity index (χ1) is 14.0. The number of hydrogen-bond donors (Lipinski definition) is 0. The zero-order chi connectivity index (χ0) is 20.4. The van der Waals surface area contributed by atoms with Crippen molar-refractivity contribution in [3.8, 4) is 5.75 Å². The highest BCUT2D eigenvalue weighted by atomic mass is 79.9. The lowest BCUT2D eigenvalue weighted by atomic mass is 10.2. The lowest BCUT2D eigenvalue weighted by Gasteiger charge is -2.35. The number of halogens is 1. The zero-order valence-corrected chi connectivity index (χ0v) is 18.4. The fourth-order valence-corrected chi connectivity index (χ4v) is 4.35. The number of carbonyl (C=O) groups is 1. The van der Waals surface area contributed by atoms with Gasteiger partial charge in [-0.3, -0.25) is 18.9 Å². The Morgan fingerprint density at radius 3 is 2.69 bits per heavy atom. The van der Waals surface area contributed by atoms with Crippen molar-refractivity contribution in [2.45, 2.75) is 19.6 Å². The average molecular weight is 477 g/mol. The maximum atomic E-state index is 12.7. The summed E-state index contributed by atoms with van der Waals surface area (Å²) in [5.41, 5.74) is 0.711. The molecule has 7 nitrogen and oxygen atoms in total. The van der Waals surface area contributed by atoms with Crippen LogP contribution in [0.5, 0.6) is 5.75 Å². The minimum atomic E-state index is -0.536. The van der Waals surface area contributed by atoms with Crippen molar-refractivity contribution in [2.75, 3.05) is 26.2 Å². The van der Waals surface area contributed by atoms with Crippen LogP contribution in [0.3, 0.4) is 0 Å². The van der Waals surface area contributed by atoms with Gasteiger partial charge in [0.1, 0.15) is 5.75 Å². The monoisotopic (exact) mass is 476 g/mol. The third-order valence-corrected chi connectivity index (χ3v) is 6.19. The van der Waals surface area contributed by atoms with Crippen molar-refractivity contribution < 1.29 is 9.53 Å². The fourth-order valence-electron chi connectivity index (χ4n) is 3.35. The van der Waals surface area contributed by atoms with E-state index < -0.39 is 6.10 Å². The third kappa shape index (κ3) is 4.68. The Hall–Kier alpha value is -2.23. The van der Waals surface area contributed by atoms with Gasteiger partial charge in [-0.05, 0) is 31.2 Å². The van der Waals surface area contributed by atoms with Gasteiger partial charge in [-0.1, -0.05) is 15.9 Å². The topological polar surface area (TPSA) is 67.2 Å². The summed E-state index contributed by atoms with van der Waals surface area (Å²) in [5.74, 6) is 0.665. The van der Waals surface area contributed by atoms with Crippen LogP contribution in [0.4, 0.5) is 0 Å². The summed E-state index contributed by atoms with van der Waals surface area (Å²) in [5, 5.41) is 1.86. The molecule has 9 heteroatoms. The van der Waals surface area contributed by atoms with Crippen LogP contribution in [0.2, 0.25) is 0 Å². The first kappa shape index (κ1) is 20.1. The Kier molecular flexibility index (Phi) is 5.98. The molecule has 3 aromatic rings. The molecule has 3 heterocycles. The summed E-state index contributed by atoms with van der Waals surface area (Å²) in [6, 6.07) is 9.04. The highest BCUT2D eigenvalue weighted by molar-refractivity contribution is 9.10. The Morgan fingerprint density at radius 2 is 1.97 bits per heavy atom. The van der Waals surface area contributed by atoms with E-state index in [9.17, 15) is 9.59 Å². The number of carbonyl (C=O) groups excluding carboxylic acids is 1. The predicted molar refractivity (Wildman–Crippen MR) is 115 cm³/mol. The Labute approximate surface area is 180 Å². The quantitative estimate of drug-likeness (QED) is 0.566. The fraction of sp³-hybridized carbons (Fsp3) is 0.350. The second-order valence-corrected chi connectivity index (χ2v) is 8.75. The molecule has 1 aliphatic heterocycles. The van der Waals surface area contributed by atoms with Gasteiger partial charge in [-0.2, -0.15) is 0 Å². The molecular formula is C20H21BrN4O3S. The predicted octanol–water partition coefficient (Wildman–Crippen LogP) is 2.63. The van der Waals surface area contributed by atoms with Crippen LogP contribution in [0, 0.1) is 0 Å². The minimum Gasteiger partial charge on any atom is -0.481 e. The lowest BCUT2D eigenvalue weighted by molar-refractivity contribution is -0.139. The number of rotatable bonds is 5. The van der Waals surface area contributed by atoms with Crippen molar-refractivity contribution in [1.82, 2.24) is 19.2 Å². The number of aromatic nitrogens is 2. The number of thiazole rings is 1. The molecule has 0 spiro atoms. The number of hydrogen-bond acceptors (Lipinski definition) is 6. The van der Waals surface area contributed by atoms with E-state index in [0.717, 1.165) is 23.3 Å². The summed E-state index contributed by atoms with van der Waals surface area (Å²) >= 11 is 4.84. The van der Waals surface area contributed by atoms with Gasteiger partial charge >= 0.3 is 0 Å². The Morgan fingerprint density at radius 1 is 1.24 bits per heavy atom. The van der Waals surface area contributed by atoms with Crippen molar-refractivity contribution >= 4 is 38.1 Å². The van der Waals surface area contributed by atoms with Crippen LogP contribution in [-0.4, -0.2) is 57.4 Å². The summed E-state index contributed by atoms with van der Waals surface area (Å²) in [6.45, 7) is 5.13. The molecule has 152 valence electrons.